The molecule has 1 N–H and O–H groups in total. The fraction of sp³-hybridized carbons (Fsp3) is 0.457. The molecule has 0 aliphatic carbocycles. The van der Waals surface area contributed by atoms with Gasteiger partial charge in [0.1, 0.15) is 18.2 Å². The Balaban J connectivity index is 1.36. The first-order chi connectivity index (χ1) is 22.3. The van der Waals surface area contributed by atoms with Crippen molar-refractivity contribution in [3.8, 4) is 0 Å². The molecule has 3 amide bonds. The second-order valence-corrected chi connectivity index (χ2v) is 14.1. The first-order valence-electron chi connectivity index (χ1n) is 16.1. The molecule has 1 spiro atoms. The minimum Gasteiger partial charge on any atom is -0.396 e. The van der Waals surface area contributed by atoms with E-state index in [9.17, 15) is 19.5 Å². The maximum atomic E-state index is 14.9. The quantitative estimate of drug-likeness (QED) is 0.211. The van der Waals surface area contributed by atoms with Crippen molar-refractivity contribution in [1.29, 1.82) is 0 Å². The zero-order valence-corrected chi connectivity index (χ0v) is 27.1. The molecule has 2 aromatic carbocycles. The predicted molar refractivity (Wildman–Crippen MR) is 178 cm³/mol. The van der Waals surface area contributed by atoms with E-state index >= 15 is 0 Å². The summed E-state index contributed by atoms with van der Waals surface area (Å²) in [5.41, 5.74) is 2.54. The zero-order chi connectivity index (χ0) is 32.4. The number of nitrogens with zero attached hydrogens (tertiary/aromatic N) is 6. The van der Waals surface area contributed by atoms with Crippen LogP contribution in [-0.4, -0.2) is 94.8 Å². The normalized spacial score (nSPS) is 26.3. The van der Waals surface area contributed by atoms with Crippen LogP contribution in [0.25, 0.3) is 11.0 Å². The summed E-state index contributed by atoms with van der Waals surface area (Å²) < 4.78 is 0.944. The Morgan fingerprint density at radius 2 is 1.76 bits per heavy atom. The van der Waals surface area contributed by atoms with E-state index < -0.39 is 22.6 Å². The smallest absolute Gasteiger partial charge is 0.248 e. The average molecular weight is 643 g/mol. The van der Waals surface area contributed by atoms with E-state index in [2.05, 4.69) is 30.4 Å². The molecule has 3 fully saturated rings. The molecule has 46 heavy (non-hydrogen) atoms. The highest BCUT2D eigenvalue weighted by Gasteiger charge is 2.76. The number of likely N-dealkylation sites (tertiary alicyclic amines) is 1. The summed E-state index contributed by atoms with van der Waals surface area (Å²) in [5, 5.41) is 18.1. The third-order valence-electron chi connectivity index (χ3n) is 9.84. The highest BCUT2D eigenvalue weighted by Crippen LogP contribution is 2.69. The number of amides is 3. The van der Waals surface area contributed by atoms with Crippen LogP contribution < -0.4 is 0 Å². The molecule has 6 atom stereocenters. The molecule has 3 aliphatic heterocycles. The lowest BCUT2D eigenvalue weighted by Crippen LogP contribution is -2.57. The van der Waals surface area contributed by atoms with Crippen LogP contribution in [0.1, 0.15) is 31.7 Å². The summed E-state index contributed by atoms with van der Waals surface area (Å²) in [6.45, 7) is 11.5. The third-order valence-corrected chi connectivity index (χ3v) is 11.9. The predicted octanol–water partition coefficient (Wildman–Crippen LogP) is 3.73. The fourth-order valence-electron chi connectivity index (χ4n) is 7.85. The number of carbonyl (C=O) groups is 3. The molecule has 10 nitrogen and oxygen atoms in total. The van der Waals surface area contributed by atoms with Gasteiger partial charge in [0, 0.05) is 38.0 Å². The van der Waals surface area contributed by atoms with Gasteiger partial charge in [-0.2, -0.15) is 0 Å². The molecule has 3 unspecified atom stereocenters. The van der Waals surface area contributed by atoms with Crippen molar-refractivity contribution >= 4 is 40.5 Å². The van der Waals surface area contributed by atoms with E-state index in [1.807, 2.05) is 54.6 Å². The summed E-state index contributed by atoms with van der Waals surface area (Å²) in [5.74, 6) is -1.50. The Kier molecular flexibility index (Phi) is 9.33. The van der Waals surface area contributed by atoms with Gasteiger partial charge in [0.25, 0.3) is 0 Å². The molecule has 2 bridgehead atoms. The molecule has 4 heterocycles. The molecule has 3 aromatic rings. The van der Waals surface area contributed by atoms with Crippen LogP contribution in [0, 0.1) is 17.8 Å². The van der Waals surface area contributed by atoms with E-state index in [-0.39, 0.29) is 48.7 Å². The number of unbranched alkanes of at least 4 members (excludes halogenated alkanes) is 1. The summed E-state index contributed by atoms with van der Waals surface area (Å²) in [7, 11) is 0. The lowest BCUT2D eigenvalue weighted by molar-refractivity contribution is -0.145. The lowest BCUT2D eigenvalue weighted by Gasteiger charge is -2.41. The van der Waals surface area contributed by atoms with Gasteiger partial charge in [-0.1, -0.05) is 66.8 Å². The van der Waals surface area contributed by atoms with E-state index in [1.165, 1.54) is 0 Å². The number of benzene rings is 2. The molecule has 1 aromatic heterocycles. The highest BCUT2D eigenvalue weighted by molar-refractivity contribution is 8.02. The maximum Gasteiger partial charge on any atom is 0.248 e. The molecular weight excluding hydrogens is 600 g/mol. The van der Waals surface area contributed by atoms with Crippen molar-refractivity contribution in [2.75, 3.05) is 26.2 Å². The molecular formula is C35H42N6O4S. The average Bonchev–Trinajstić information content (AvgIpc) is 3.78. The molecule has 6 rings (SSSR count). The highest BCUT2D eigenvalue weighted by atomic mass is 32.2. The van der Waals surface area contributed by atoms with Crippen LogP contribution in [0.5, 0.6) is 0 Å². The summed E-state index contributed by atoms with van der Waals surface area (Å²) in [6, 6.07) is 16.7. The van der Waals surface area contributed by atoms with Gasteiger partial charge in [-0.25, -0.2) is 4.68 Å². The second kappa shape index (κ2) is 13.4. The number of fused-ring (bicyclic) bond motifs is 2. The first kappa shape index (κ1) is 32.0. The Hall–Kier alpha value is -3.96. The number of rotatable bonds is 14. The van der Waals surface area contributed by atoms with Crippen molar-refractivity contribution in [2.24, 2.45) is 17.8 Å². The number of thioether (sulfide) groups is 1. The van der Waals surface area contributed by atoms with Gasteiger partial charge in [0.05, 0.1) is 22.1 Å². The topological polar surface area (TPSA) is 112 Å². The number of carbonyl (C=O) groups excluding carboxylic acids is 3. The summed E-state index contributed by atoms with van der Waals surface area (Å²) >= 11 is 1.67. The standard InChI is InChI=1S/C35H42N6O4S/c1-4-17-38(22-25-13-7-6-8-14-25)32(43)29-28-21-24(3)35(46-28)30(29)33(44)40(19-11-12-20-42)31(35)34(45)39(18-5-2)23-41-27-16-10-9-15-26(27)36-37-41/h4-10,13-16,24,28-31,42H,1-2,11-12,17-23H2,3H3/t24?,28-,29+,30-,31?,35?/m0/s1. The third kappa shape index (κ3) is 5.43. The maximum absolute atomic E-state index is 14.9. The summed E-state index contributed by atoms with van der Waals surface area (Å²) in [6.07, 6.45) is 5.24. The van der Waals surface area contributed by atoms with E-state index in [0.717, 1.165) is 23.0 Å². The minimum atomic E-state index is -0.761. The van der Waals surface area contributed by atoms with Gasteiger partial charge in [-0.05, 0) is 42.9 Å². The Morgan fingerprint density at radius 1 is 1.04 bits per heavy atom. The van der Waals surface area contributed by atoms with Gasteiger partial charge >= 0.3 is 0 Å². The molecule has 3 saturated heterocycles. The second-order valence-electron chi connectivity index (χ2n) is 12.6. The van der Waals surface area contributed by atoms with Crippen LogP contribution in [0.4, 0.5) is 0 Å². The van der Waals surface area contributed by atoms with Crippen LogP contribution in [0.2, 0.25) is 0 Å². The first-order valence-corrected chi connectivity index (χ1v) is 16.9. The molecule has 242 valence electrons. The van der Waals surface area contributed by atoms with Crippen molar-refractivity contribution in [3.63, 3.8) is 0 Å². The number of hydrogen-bond donors (Lipinski definition) is 1. The van der Waals surface area contributed by atoms with Crippen molar-refractivity contribution in [3.05, 3.63) is 85.5 Å². The minimum absolute atomic E-state index is 0.00150. The van der Waals surface area contributed by atoms with Gasteiger partial charge in [0.15, 0.2) is 0 Å². The number of para-hydroxylation sites is 1. The van der Waals surface area contributed by atoms with E-state index in [0.29, 0.717) is 32.5 Å². The molecule has 11 heteroatoms. The van der Waals surface area contributed by atoms with Gasteiger partial charge in [-0.3, -0.25) is 14.4 Å². The van der Waals surface area contributed by atoms with Crippen LogP contribution >= 0.6 is 11.8 Å². The monoisotopic (exact) mass is 642 g/mol. The van der Waals surface area contributed by atoms with Gasteiger partial charge in [0.2, 0.25) is 17.7 Å². The van der Waals surface area contributed by atoms with Gasteiger partial charge in [-0.15, -0.1) is 30.0 Å². The Bertz CT molecular complexity index is 1610. The van der Waals surface area contributed by atoms with Crippen molar-refractivity contribution < 1.29 is 19.5 Å². The van der Waals surface area contributed by atoms with Crippen LogP contribution in [0.3, 0.4) is 0 Å². The fourth-order valence-corrected chi connectivity index (χ4v) is 10.3. The SMILES string of the molecule is C=CCN(Cn1nnc2ccccc21)C(=O)C1N(CCCCO)C(=O)[C@@H]2[C@H](C(=O)N(CC=C)Cc3ccccc3)[C@@H]3CC(C)C12S3. The van der Waals surface area contributed by atoms with Crippen LogP contribution in [0.15, 0.2) is 79.9 Å². The summed E-state index contributed by atoms with van der Waals surface area (Å²) in [4.78, 5) is 49.1. The number of aliphatic hydroxyl groups is 1. The van der Waals surface area contributed by atoms with Crippen molar-refractivity contribution in [1.82, 2.24) is 29.7 Å². The Labute approximate surface area is 274 Å². The number of aliphatic hydroxyl groups excluding tert-OH is 1. The molecule has 0 saturated carbocycles. The zero-order valence-electron chi connectivity index (χ0n) is 26.3. The van der Waals surface area contributed by atoms with E-state index in [1.54, 1.807) is 43.3 Å². The number of aromatic nitrogens is 3. The van der Waals surface area contributed by atoms with Crippen LogP contribution in [-0.2, 0) is 27.6 Å². The largest absolute Gasteiger partial charge is 0.396 e. The molecule has 0 radical (unpaired) electrons. The Morgan fingerprint density at radius 3 is 2.50 bits per heavy atom. The molecule has 3 aliphatic rings. The lowest BCUT2D eigenvalue weighted by atomic mass is 9.65. The van der Waals surface area contributed by atoms with Gasteiger partial charge < -0.3 is 19.8 Å². The van der Waals surface area contributed by atoms with Crippen molar-refractivity contribution in [2.45, 2.75) is 55.4 Å². The van der Waals surface area contributed by atoms with E-state index in [4.69, 9.17) is 0 Å². The number of hydrogen-bond acceptors (Lipinski definition) is 7.